The molecule has 0 saturated carbocycles. The van der Waals surface area contributed by atoms with Crippen LogP contribution in [-0.2, 0) is 41.1 Å². The summed E-state index contributed by atoms with van der Waals surface area (Å²) in [6.45, 7) is 8.71. The Hall–Kier alpha value is -3.96. The molecular formula is C36H47ClN4O8S. The monoisotopic (exact) mass is 730 g/mol. The number of nitrogens with one attached hydrogen (secondary N) is 1. The van der Waals surface area contributed by atoms with Crippen molar-refractivity contribution in [1.82, 2.24) is 9.97 Å². The molecule has 0 bridgehead atoms. The minimum Gasteiger partial charge on any atom is -0.491 e. The third-order valence-electron chi connectivity index (χ3n) is 7.58. The number of ether oxygens (including phenoxy) is 5. The number of anilines is 1. The molecule has 3 aromatic rings. The Bertz CT molecular complexity index is 1660. The number of rotatable bonds is 23. The van der Waals surface area contributed by atoms with Gasteiger partial charge >= 0.3 is 5.97 Å². The lowest BCUT2D eigenvalue weighted by Crippen LogP contribution is -2.19. The molecule has 0 saturated heterocycles. The van der Waals surface area contributed by atoms with Crippen molar-refractivity contribution in [3.63, 3.8) is 0 Å². The first-order valence-electron chi connectivity index (χ1n) is 16.6. The number of hydrogen-bond acceptors (Lipinski definition) is 11. The number of carbonyl (C=O) groups excluding carboxylic acids is 1. The lowest BCUT2D eigenvalue weighted by Gasteiger charge is -2.27. The van der Waals surface area contributed by atoms with Crippen molar-refractivity contribution < 1.29 is 36.9 Å². The molecule has 50 heavy (non-hydrogen) atoms. The van der Waals surface area contributed by atoms with E-state index in [-0.39, 0.29) is 25.1 Å². The first-order valence-corrected chi connectivity index (χ1v) is 18.9. The van der Waals surface area contributed by atoms with Gasteiger partial charge in [0.15, 0.2) is 5.75 Å². The van der Waals surface area contributed by atoms with Crippen molar-refractivity contribution in [2.75, 3.05) is 50.6 Å². The number of nitriles is 1. The molecule has 0 amide bonds. The number of halogens is 1. The quantitative estimate of drug-likeness (QED) is 0.0828. The van der Waals surface area contributed by atoms with Crippen LogP contribution in [-0.4, -0.2) is 70.3 Å². The van der Waals surface area contributed by atoms with Gasteiger partial charge in [0.2, 0.25) is 16.0 Å². The Morgan fingerprint density at radius 2 is 1.64 bits per heavy atom. The van der Waals surface area contributed by atoms with E-state index in [0.717, 1.165) is 49.5 Å². The number of nitrogens with zero attached hydrogens (tertiary/aromatic N) is 3. The van der Waals surface area contributed by atoms with Crippen LogP contribution in [0.25, 0.3) is 0 Å². The van der Waals surface area contributed by atoms with E-state index in [1.165, 1.54) is 6.20 Å². The SMILES string of the molecule is CCCCOC(=O)COCCCOCCCCCOc1c(Cl)cc(C(C)(C)c2ccc(OCc3ccnc(NS(C)(=O)=O)n3)cc2)cc1C#N. The summed E-state index contributed by atoms with van der Waals surface area (Å²) in [6.07, 6.45) is 7.58. The summed E-state index contributed by atoms with van der Waals surface area (Å²) < 4.78 is 53.0. The highest BCUT2D eigenvalue weighted by atomic mass is 35.5. The standard InChI is InChI=1S/C36H47ClN4O8S/c1-5-6-20-47-33(42)26-46-19-10-18-45-17-8-7-9-21-48-34-27(24-38)22-29(23-32(34)37)36(2,3)28-11-13-31(14-12-28)49-25-30-15-16-39-35(40-30)41-50(4,43)44/h11-16,22-23H,5-10,17-21,25-26H2,1-4H3,(H,39,40,41). The van der Waals surface area contributed by atoms with Crippen molar-refractivity contribution in [3.05, 3.63) is 76.1 Å². The van der Waals surface area contributed by atoms with E-state index in [9.17, 15) is 18.5 Å². The normalized spacial score (nSPS) is 11.5. The molecule has 2 aromatic carbocycles. The third kappa shape index (κ3) is 14.1. The van der Waals surface area contributed by atoms with Gasteiger partial charge in [0.1, 0.15) is 25.0 Å². The van der Waals surface area contributed by atoms with Crippen LogP contribution in [0.4, 0.5) is 5.95 Å². The molecule has 0 fully saturated rings. The molecule has 1 aromatic heterocycles. The second-order valence-corrected chi connectivity index (χ2v) is 14.3. The van der Waals surface area contributed by atoms with E-state index < -0.39 is 15.4 Å². The van der Waals surface area contributed by atoms with E-state index in [1.807, 2.05) is 57.2 Å². The van der Waals surface area contributed by atoms with Gasteiger partial charge in [0, 0.05) is 31.4 Å². The largest absolute Gasteiger partial charge is 0.491 e. The molecule has 0 aliphatic rings. The van der Waals surface area contributed by atoms with Crippen LogP contribution in [0.3, 0.4) is 0 Å². The van der Waals surface area contributed by atoms with Gasteiger partial charge in [-0.3, -0.25) is 4.72 Å². The van der Waals surface area contributed by atoms with Gasteiger partial charge in [0.25, 0.3) is 0 Å². The number of carbonyl (C=O) groups is 1. The average Bonchev–Trinajstić information content (AvgIpc) is 3.07. The summed E-state index contributed by atoms with van der Waals surface area (Å²) in [5.41, 5.74) is 2.24. The van der Waals surface area contributed by atoms with E-state index in [0.29, 0.717) is 67.2 Å². The Balaban J connectivity index is 1.41. The minimum atomic E-state index is -3.49. The van der Waals surface area contributed by atoms with Crippen LogP contribution in [0.1, 0.15) is 81.7 Å². The third-order valence-corrected chi connectivity index (χ3v) is 8.41. The highest BCUT2D eigenvalue weighted by molar-refractivity contribution is 7.91. The first kappa shape index (κ1) is 40.5. The molecule has 1 N–H and O–H groups in total. The van der Waals surface area contributed by atoms with Gasteiger partial charge in [0.05, 0.1) is 35.7 Å². The Morgan fingerprint density at radius 3 is 2.36 bits per heavy atom. The predicted molar refractivity (Wildman–Crippen MR) is 191 cm³/mol. The number of aromatic nitrogens is 2. The van der Waals surface area contributed by atoms with Gasteiger partial charge < -0.3 is 23.7 Å². The van der Waals surface area contributed by atoms with Crippen LogP contribution in [0.15, 0.2) is 48.7 Å². The fraction of sp³-hybridized carbons (Fsp3) is 0.500. The van der Waals surface area contributed by atoms with Crippen LogP contribution < -0.4 is 14.2 Å². The van der Waals surface area contributed by atoms with Crippen LogP contribution in [0.2, 0.25) is 5.02 Å². The number of sulfonamides is 1. The molecular weight excluding hydrogens is 684 g/mol. The number of hydrogen-bond donors (Lipinski definition) is 1. The molecule has 3 rings (SSSR count). The zero-order valence-electron chi connectivity index (χ0n) is 29.2. The van der Waals surface area contributed by atoms with Gasteiger partial charge in [-0.25, -0.2) is 23.2 Å². The Labute approximate surface area is 300 Å². The zero-order chi connectivity index (χ0) is 36.4. The molecule has 14 heteroatoms. The number of benzene rings is 2. The summed E-state index contributed by atoms with van der Waals surface area (Å²) in [5, 5.41) is 10.3. The van der Waals surface area contributed by atoms with Crippen molar-refractivity contribution in [3.8, 4) is 17.6 Å². The molecule has 0 aliphatic heterocycles. The van der Waals surface area contributed by atoms with Gasteiger partial charge in [-0.05, 0) is 73.6 Å². The van der Waals surface area contributed by atoms with E-state index in [2.05, 4.69) is 20.8 Å². The van der Waals surface area contributed by atoms with E-state index in [1.54, 1.807) is 6.07 Å². The maximum absolute atomic E-state index is 11.5. The van der Waals surface area contributed by atoms with Crippen molar-refractivity contribution in [2.45, 2.75) is 71.3 Å². The second kappa shape index (κ2) is 20.7. The maximum Gasteiger partial charge on any atom is 0.332 e. The van der Waals surface area contributed by atoms with Crippen LogP contribution >= 0.6 is 11.6 Å². The predicted octanol–water partition coefficient (Wildman–Crippen LogP) is 6.59. The fourth-order valence-corrected chi connectivity index (χ4v) is 5.42. The topological polar surface area (TPSA) is 159 Å². The highest BCUT2D eigenvalue weighted by Crippen LogP contribution is 2.38. The minimum absolute atomic E-state index is 0.0196. The first-order chi connectivity index (χ1) is 23.9. The summed E-state index contributed by atoms with van der Waals surface area (Å²) in [5.74, 6) is 0.631. The average molecular weight is 731 g/mol. The molecule has 0 aliphatic carbocycles. The van der Waals surface area contributed by atoms with E-state index in [4.69, 9.17) is 35.3 Å². The van der Waals surface area contributed by atoms with Crippen molar-refractivity contribution in [2.24, 2.45) is 0 Å². The summed E-state index contributed by atoms with van der Waals surface area (Å²) in [4.78, 5) is 19.6. The van der Waals surface area contributed by atoms with Crippen LogP contribution in [0, 0.1) is 11.3 Å². The Kier molecular flexibility index (Phi) is 16.7. The lowest BCUT2D eigenvalue weighted by atomic mass is 9.77. The fourth-order valence-electron chi connectivity index (χ4n) is 4.72. The van der Waals surface area contributed by atoms with E-state index >= 15 is 0 Å². The van der Waals surface area contributed by atoms with Crippen LogP contribution in [0.5, 0.6) is 11.5 Å². The Morgan fingerprint density at radius 1 is 0.920 bits per heavy atom. The second-order valence-electron chi connectivity index (χ2n) is 12.1. The summed E-state index contributed by atoms with van der Waals surface area (Å²) in [6, 6.07) is 15.1. The maximum atomic E-state index is 11.5. The number of unbranched alkanes of at least 4 members (excludes halogenated alkanes) is 3. The molecule has 1 heterocycles. The highest BCUT2D eigenvalue weighted by Gasteiger charge is 2.26. The van der Waals surface area contributed by atoms with Gasteiger partial charge in [-0.2, -0.15) is 5.26 Å². The molecule has 0 radical (unpaired) electrons. The van der Waals surface area contributed by atoms with Crippen molar-refractivity contribution in [1.29, 1.82) is 5.26 Å². The molecule has 12 nitrogen and oxygen atoms in total. The lowest BCUT2D eigenvalue weighted by molar-refractivity contribution is -0.149. The zero-order valence-corrected chi connectivity index (χ0v) is 30.8. The molecule has 272 valence electrons. The molecule has 0 spiro atoms. The summed E-state index contributed by atoms with van der Waals surface area (Å²) >= 11 is 6.66. The molecule has 0 atom stereocenters. The smallest absolute Gasteiger partial charge is 0.332 e. The molecule has 0 unspecified atom stereocenters. The number of esters is 1. The van der Waals surface area contributed by atoms with Gasteiger partial charge in [-0.1, -0.05) is 50.9 Å². The van der Waals surface area contributed by atoms with Gasteiger partial charge in [-0.15, -0.1) is 0 Å². The van der Waals surface area contributed by atoms with Crippen molar-refractivity contribution >= 4 is 33.5 Å². The summed E-state index contributed by atoms with van der Waals surface area (Å²) in [7, 11) is -3.49.